The lowest BCUT2D eigenvalue weighted by Crippen LogP contribution is -2.26. The minimum absolute atomic E-state index is 0.0824. The van der Waals surface area contributed by atoms with E-state index in [0.717, 1.165) is 11.5 Å². The first kappa shape index (κ1) is 10.1. The van der Waals surface area contributed by atoms with E-state index < -0.39 is 12.5 Å². The Morgan fingerprint density at radius 2 is 2.31 bits per heavy atom. The lowest BCUT2D eigenvalue weighted by atomic mass is 10.4. The van der Waals surface area contributed by atoms with E-state index in [0.29, 0.717) is 5.13 Å². The van der Waals surface area contributed by atoms with E-state index in [1.165, 1.54) is 0 Å². The van der Waals surface area contributed by atoms with Crippen LogP contribution in [0.25, 0.3) is 0 Å². The second-order valence-corrected chi connectivity index (χ2v) is 2.99. The lowest BCUT2D eigenvalue weighted by Gasteiger charge is -2.08. The average molecular weight is 210 g/mol. The van der Waals surface area contributed by atoms with Gasteiger partial charge in [-0.1, -0.05) is 0 Å². The highest BCUT2D eigenvalue weighted by molar-refractivity contribution is 7.09. The van der Waals surface area contributed by atoms with Crippen molar-refractivity contribution >= 4 is 22.6 Å². The van der Waals surface area contributed by atoms with E-state index in [1.54, 1.807) is 0 Å². The molecule has 0 bridgehead atoms. The number of nitrogens with one attached hydrogen (secondary N) is 1. The van der Waals surface area contributed by atoms with E-state index in [-0.39, 0.29) is 12.5 Å². The monoisotopic (exact) mass is 210 g/mol. The topological polar surface area (TPSA) is 84.1 Å². The normalized spacial score (nSPS) is 13.2. The predicted molar refractivity (Wildman–Crippen MR) is 44.8 cm³/mol. The number of hydrogen-bond donors (Lipinski definition) is 3. The molecule has 4 N–H and O–H groups in total. The summed E-state index contributed by atoms with van der Waals surface area (Å²) < 4.78 is 27.2. The molecule has 0 amide bonds. The van der Waals surface area contributed by atoms with Crippen molar-refractivity contribution in [3.63, 3.8) is 0 Å². The van der Waals surface area contributed by atoms with Crippen LogP contribution in [0.5, 0.6) is 0 Å². The SMILES string of the molecule is Nc1nsc(NCC(O)C(F)F)n1. The van der Waals surface area contributed by atoms with Crippen LogP contribution in [0.1, 0.15) is 0 Å². The standard InChI is InChI=1S/C5H8F2N4OS/c6-3(7)2(12)1-9-5-10-4(8)11-13-5/h2-3,12H,1H2,(H3,8,9,10,11). The van der Waals surface area contributed by atoms with Crippen molar-refractivity contribution in [1.82, 2.24) is 9.36 Å². The Bertz CT molecular complexity index is 269. The maximum absolute atomic E-state index is 11.8. The Balaban J connectivity index is 2.35. The van der Waals surface area contributed by atoms with Crippen molar-refractivity contribution in [1.29, 1.82) is 0 Å². The fourth-order valence-corrected chi connectivity index (χ4v) is 1.09. The van der Waals surface area contributed by atoms with Gasteiger partial charge in [0.25, 0.3) is 6.43 Å². The minimum Gasteiger partial charge on any atom is -0.385 e. The van der Waals surface area contributed by atoms with Crippen molar-refractivity contribution in [3.8, 4) is 0 Å². The van der Waals surface area contributed by atoms with Gasteiger partial charge in [0.05, 0.1) is 0 Å². The van der Waals surface area contributed by atoms with Crippen LogP contribution in [0.4, 0.5) is 19.9 Å². The van der Waals surface area contributed by atoms with Gasteiger partial charge in [-0.3, -0.25) is 0 Å². The molecule has 0 aliphatic heterocycles. The van der Waals surface area contributed by atoms with Crippen LogP contribution < -0.4 is 11.1 Å². The van der Waals surface area contributed by atoms with E-state index >= 15 is 0 Å². The van der Waals surface area contributed by atoms with Gasteiger partial charge in [-0.2, -0.15) is 9.36 Å². The number of hydrogen-bond acceptors (Lipinski definition) is 6. The molecule has 1 heterocycles. The summed E-state index contributed by atoms with van der Waals surface area (Å²) in [6, 6.07) is 0. The third kappa shape index (κ3) is 3.07. The highest BCUT2D eigenvalue weighted by Crippen LogP contribution is 2.12. The molecule has 0 radical (unpaired) electrons. The van der Waals surface area contributed by atoms with Crippen LogP contribution >= 0.6 is 11.5 Å². The number of aliphatic hydroxyl groups excluding tert-OH is 1. The van der Waals surface area contributed by atoms with E-state index in [2.05, 4.69) is 14.7 Å². The van der Waals surface area contributed by atoms with E-state index in [9.17, 15) is 8.78 Å². The molecule has 0 saturated heterocycles. The Morgan fingerprint density at radius 3 is 2.77 bits per heavy atom. The predicted octanol–water partition coefficient (Wildman–Crippen LogP) is 0.158. The molecule has 1 atom stereocenters. The second-order valence-electron chi connectivity index (χ2n) is 2.24. The van der Waals surface area contributed by atoms with Crippen LogP contribution in [0.15, 0.2) is 0 Å². The highest BCUT2D eigenvalue weighted by Gasteiger charge is 2.16. The molecule has 0 spiro atoms. The van der Waals surface area contributed by atoms with Crippen molar-refractivity contribution < 1.29 is 13.9 Å². The minimum atomic E-state index is -2.77. The van der Waals surface area contributed by atoms with Crippen LogP contribution in [-0.4, -0.2) is 33.5 Å². The maximum Gasteiger partial charge on any atom is 0.265 e. The summed E-state index contributed by atoms with van der Waals surface area (Å²) in [7, 11) is 0. The molecule has 8 heteroatoms. The number of nitrogen functional groups attached to an aromatic ring is 1. The first-order valence-electron chi connectivity index (χ1n) is 3.39. The smallest absolute Gasteiger partial charge is 0.265 e. The molecular formula is C5H8F2N4OS. The Kier molecular flexibility index (Phi) is 3.32. The summed E-state index contributed by atoms with van der Waals surface area (Å²) in [5.41, 5.74) is 5.18. The molecule has 0 aromatic carbocycles. The average Bonchev–Trinajstić information content (AvgIpc) is 2.47. The molecule has 0 saturated carbocycles. The molecule has 5 nitrogen and oxygen atoms in total. The van der Waals surface area contributed by atoms with Gasteiger partial charge in [0.2, 0.25) is 11.1 Å². The fourth-order valence-electron chi connectivity index (χ4n) is 0.588. The number of nitrogens with two attached hydrogens (primary N) is 1. The number of nitrogens with zero attached hydrogens (tertiary/aromatic N) is 2. The van der Waals surface area contributed by atoms with Gasteiger partial charge in [0, 0.05) is 18.1 Å². The maximum atomic E-state index is 11.8. The first-order valence-corrected chi connectivity index (χ1v) is 4.16. The first-order chi connectivity index (χ1) is 6.09. The zero-order valence-electron chi connectivity index (χ0n) is 6.44. The third-order valence-electron chi connectivity index (χ3n) is 1.20. The highest BCUT2D eigenvalue weighted by atomic mass is 32.1. The molecule has 1 aromatic rings. The number of rotatable bonds is 4. The van der Waals surface area contributed by atoms with Crippen molar-refractivity contribution in [2.24, 2.45) is 0 Å². The molecule has 0 aliphatic rings. The van der Waals surface area contributed by atoms with Crippen molar-refractivity contribution in [3.05, 3.63) is 0 Å². The molecule has 1 unspecified atom stereocenters. The second kappa shape index (κ2) is 4.28. The zero-order chi connectivity index (χ0) is 9.84. The van der Waals surface area contributed by atoms with Gasteiger partial charge in [-0.25, -0.2) is 8.78 Å². The number of anilines is 2. The summed E-state index contributed by atoms with van der Waals surface area (Å²) in [6.45, 7) is -0.272. The van der Waals surface area contributed by atoms with Crippen LogP contribution in [0.2, 0.25) is 0 Å². The molecule has 74 valence electrons. The van der Waals surface area contributed by atoms with Crippen LogP contribution in [0, 0.1) is 0 Å². The summed E-state index contributed by atoms with van der Waals surface area (Å²) in [6.07, 6.45) is -4.47. The number of alkyl halides is 2. The van der Waals surface area contributed by atoms with Gasteiger partial charge >= 0.3 is 0 Å². The summed E-state index contributed by atoms with van der Waals surface area (Å²) >= 11 is 0.950. The Morgan fingerprint density at radius 1 is 1.62 bits per heavy atom. The zero-order valence-corrected chi connectivity index (χ0v) is 7.26. The Labute approximate surface area is 76.8 Å². The quantitative estimate of drug-likeness (QED) is 0.659. The van der Waals surface area contributed by atoms with Gasteiger partial charge in [0.1, 0.15) is 6.10 Å². The largest absolute Gasteiger partial charge is 0.385 e. The van der Waals surface area contributed by atoms with E-state index in [1.807, 2.05) is 0 Å². The molecule has 0 fully saturated rings. The van der Waals surface area contributed by atoms with Crippen LogP contribution in [-0.2, 0) is 0 Å². The van der Waals surface area contributed by atoms with Crippen molar-refractivity contribution in [2.75, 3.05) is 17.6 Å². The van der Waals surface area contributed by atoms with Gasteiger partial charge in [0.15, 0.2) is 0 Å². The van der Waals surface area contributed by atoms with Gasteiger partial charge < -0.3 is 16.2 Å². The fraction of sp³-hybridized carbons (Fsp3) is 0.600. The molecule has 13 heavy (non-hydrogen) atoms. The summed E-state index contributed by atoms with van der Waals surface area (Å²) in [5.74, 6) is 0.0824. The van der Waals surface area contributed by atoms with E-state index in [4.69, 9.17) is 10.8 Å². The van der Waals surface area contributed by atoms with Crippen molar-refractivity contribution in [2.45, 2.75) is 12.5 Å². The molecule has 0 aliphatic carbocycles. The molecule has 1 aromatic heterocycles. The van der Waals surface area contributed by atoms with Crippen LogP contribution in [0.3, 0.4) is 0 Å². The molecular weight excluding hydrogens is 202 g/mol. The number of aromatic nitrogens is 2. The summed E-state index contributed by atoms with van der Waals surface area (Å²) in [4.78, 5) is 3.66. The van der Waals surface area contributed by atoms with Gasteiger partial charge in [-0.15, -0.1) is 0 Å². The summed E-state index contributed by atoms with van der Waals surface area (Å²) in [5, 5.41) is 11.5. The number of halogens is 2. The third-order valence-corrected chi connectivity index (χ3v) is 1.88. The number of aliphatic hydroxyl groups is 1. The lowest BCUT2D eigenvalue weighted by molar-refractivity contribution is 0.00384. The van der Waals surface area contributed by atoms with Gasteiger partial charge in [-0.05, 0) is 0 Å². The molecule has 1 rings (SSSR count). The Hall–Kier alpha value is -1.02.